The van der Waals surface area contributed by atoms with Gasteiger partial charge in [-0.2, -0.15) is 5.10 Å². The number of hydrogen-bond acceptors (Lipinski definition) is 3. The molecule has 2 aromatic carbocycles. The highest BCUT2D eigenvalue weighted by Crippen LogP contribution is 2.27. The summed E-state index contributed by atoms with van der Waals surface area (Å²) >= 11 is 0. The Morgan fingerprint density at radius 2 is 1.92 bits per heavy atom. The lowest BCUT2D eigenvalue weighted by molar-refractivity contribution is 0.299. The van der Waals surface area contributed by atoms with Crippen molar-refractivity contribution in [3.8, 4) is 16.9 Å². The van der Waals surface area contributed by atoms with E-state index in [4.69, 9.17) is 4.74 Å². The molecule has 3 rings (SSSR count). The van der Waals surface area contributed by atoms with E-state index in [1.807, 2.05) is 35.1 Å². The van der Waals surface area contributed by atoms with Crippen molar-refractivity contribution >= 4 is 0 Å². The van der Waals surface area contributed by atoms with Crippen molar-refractivity contribution in [2.24, 2.45) is 0 Å². The molecule has 0 radical (unpaired) electrons. The third-order valence-corrected chi connectivity index (χ3v) is 4.11. The first-order valence-electron chi connectivity index (χ1n) is 8.14. The third-order valence-electron chi connectivity index (χ3n) is 4.11. The standard InChI is InChI=1S/C20H22N2O2/c1-24-19-7-8-20(17(13-19)10-12-23)18-14-21-22(15-18)11-9-16-5-3-2-4-6-16/h2-8,13-15,23H,9-12H2,1H3. The highest BCUT2D eigenvalue weighted by Gasteiger charge is 2.09. The van der Waals surface area contributed by atoms with Gasteiger partial charge in [-0.15, -0.1) is 0 Å². The number of aryl methyl sites for hydroxylation is 2. The van der Waals surface area contributed by atoms with Gasteiger partial charge in [0.15, 0.2) is 0 Å². The van der Waals surface area contributed by atoms with Gasteiger partial charge in [0, 0.05) is 24.9 Å². The first-order chi connectivity index (χ1) is 11.8. The molecule has 0 saturated carbocycles. The van der Waals surface area contributed by atoms with Crippen LogP contribution in [0.25, 0.3) is 11.1 Å². The maximum atomic E-state index is 9.31. The molecule has 0 aliphatic heterocycles. The van der Waals surface area contributed by atoms with Crippen LogP contribution in [0.1, 0.15) is 11.1 Å². The van der Waals surface area contributed by atoms with Crippen LogP contribution in [0, 0.1) is 0 Å². The Kier molecular flexibility index (Phi) is 5.29. The normalized spacial score (nSPS) is 10.8. The van der Waals surface area contributed by atoms with Crippen molar-refractivity contribution in [3.05, 3.63) is 72.1 Å². The highest BCUT2D eigenvalue weighted by atomic mass is 16.5. The van der Waals surface area contributed by atoms with E-state index in [1.54, 1.807) is 7.11 Å². The molecule has 0 unspecified atom stereocenters. The zero-order chi connectivity index (χ0) is 16.8. The van der Waals surface area contributed by atoms with Crippen molar-refractivity contribution in [2.75, 3.05) is 13.7 Å². The van der Waals surface area contributed by atoms with Crippen molar-refractivity contribution in [2.45, 2.75) is 19.4 Å². The quantitative estimate of drug-likeness (QED) is 0.726. The summed E-state index contributed by atoms with van der Waals surface area (Å²) in [7, 11) is 1.65. The summed E-state index contributed by atoms with van der Waals surface area (Å²) in [5.74, 6) is 0.804. The predicted molar refractivity (Wildman–Crippen MR) is 95.2 cm³/mol. The second-order valence-electron chi connectivity index (χ2n) is 5.72. The van der Waals surface area contributed by atoms with Gasteiger partial charge >= 0.3 is 0 Å². The van der Waals surface area contributed by atoms with E-state index >= 15 is 0 Å². The van der Waals surface area contributed by atoms with Crippen LogP contribution in [0.15, 0.2) is 60.9 Å². The van der Waals surface area contributed by atoms with Crippen molar-refractivity contribution in [1.29, 1.82) is 0 Å². The molecule has 0 aliphatic carbocycles. The predicted octanol–water partition coefficient (Wildman–Crippen LogP) is 3.34. The van der Waals surface area contributed by atoms with E-state index in [0.717, 1.165) is 35.4 Å². The molecule has 4 nitrogen and oxygen atoms in total. The van der Waals surface area contributed by atoms with Gasteiger partial charge in [0.2, 0.25) is 0 Å². The number of methoxy groups -OCH3 is 1. The van der Waals surface area contributed by atoms with Gasteiger partial charge in [-0.25, -0.2) is 0 Å². The molecule has 3 aromatic rings. The number of benzene rings is 2. The molecular formula is C20H22N2O2. The van der Waals surface area contributed by atoms with E-state index in [1.165, 1.54) is 5.56 Å². The number of aliphatic hydroxyl groups is 1. The van der Waals surface area contributed by atoms with Gasteiger partial charge < -0.3 is 9.84 Å². The lowest BCUT2D eigenvalue weighted by atomic mass is 10.00. The molecule has 0 atom stereocenters. The Morgan fingerprint density at radius 3 is 2.67 bits per heavy atom. The maximum Gasteiger partial charge on any atom is 0.119 e. The molecule has 0 amide bonds. The van der Waals surface area contributed by atoms with Crippen LogP contribution in [0.3, 0.4) is 0 Å². The average molecular weight is 322 g/mol. The van der Waals surface area contributed by atoms with Crippen molar-refractivity contribution in [3.63, 3.8) is 0 Å². The van der Waals surface area contributed by atoms with Gasteiger partial charge in [-0.1, -0.05) is 36.4 Å². The van der Waals surface area contributed by atoms with Crippen LogP contribution >= 0.6 is 0 Å². The largest absolute Gasteiger partial charge is 0.497 e. The Balaban J connectivity index is 1.77. The Hall–Kier alpha value is -2.59. The summed E-state index contributed by atoms with van der Waals surface area (Å²) < 4.78 is 7.25. The van der Waals surface area contributed by atoms with E-state index in [9.17, 15) is 5.11 Å². The van der Waals surface area contributed by atoms with Gasteiger partial charge in [0.25, 0.3) is 0 Å². The summed E-state index contributed by atoms with van der Waals surface area (Å²) in [5, 5.41) is 13.8. The molecule has 0 fully saturated rings. The number of ether oxygens (including phenoxy) is 1. The second kappa shape index (κ2) is 7.79. The van der Waals surface area contributed by atoms with E-state index < -0.39 is 0 Å². The van der Waals surface area contributed by atoms with Crippen LogP contribution in [-0.2, 0) is 19.4 Å². The fourth-order valence-corrected chi connectivity index (χ4v) is 2.82. The molecule has 124 valence electrons. The average Bonchev–Trinajstić information content (AvgIpc) is 3.10. The fraction of sp³-hybridized carbons (Fsp3) is 0.250. The first kappa shape index (κ1) is 16.3. The Bertz CT molecular complexity index is 781. The van der Waals surface area contributed by atoms with Crippen LogP contribution < -0.4 is 4.74 Å². The summed E-state index contributed by atoms with van der Waals surface area (Å²) in [6.45, 7) is 0.956. The van der Waals surface area contributed by atoms with Crippen molar-refractivity contribution in [1.82, 2.24) is 9.78 Å². The van der Waals surface area contributed by atoms with E-state index in [2.05, 4.69) is 35.6 Å². The highest BCUT2D eigenvalue weighted by molar-refractivity contribution is 5.67. The van der Waals surface area contributed by atoms with Crippen LogP contribution in [0.4, 0.5) is 0 Å². The molecule has 4 heteroatoms. The van der Waals surface area contributed by atoms with Gasteiger partial charge in [-0.05, 0) is 41.7 Å². The molecule has 0 spiro atoms. The van der Waals surface area contributed by atoms with E-state index in [0.29, 0.717) is 6.42 Å². The molecule has 0 bridgehead atoms. The summed E-state index contributed by atoms with van der Waals surface area (Å²) in [6.07, 6.45) is 5.50. The van der Waals surface area contributed by atoms with Crippen LogP contribution in [0.5, 0.6) is 5.75 Å². The number of hydrogen-bond donors (Lipinski definition) is 1. The number of aliphatic hydroxyl groups excluding tert-OH is 1. The summed E-state index contributed by atoms with van der Waals surface area (Å²) in [5.41, 5.74) is 4.53. The molecular weight excluding hydrogens is 300 g/mol. The number of nitrogens with zero attached hydrogens (tertiary/aromatic N) is 2. The van der Waals surface area contributed by atoms with Crippen LogP contribution in [0.2, 0.25) is 0 Å². The van der Waals surface area contributed by atoms with Gasteiger partial charge in [-0.3, -0.25) is 4.68 Å². The van der Waals surface area contributed by atoms with Gasteiger partial charge in [0.05, 0.1) is 13.3 Å². The molecule has 1 aromatic heterocycles. The number of aromatic nitrogens is 2. The summed E-state index contributed by atoms with van der Waals surface area (Å²) in [6, 6.07) is 16.4. The Morgan fingerprint density at radius 1 is 1.08 bits per heavy atom. The van der Waals surface area contributed by atoms with Gasteiger partial charge in [0.1, 0.15) is 5.75 Å². The molecule has 1 heterocycles. The first-order valence-corrected chi connectivity index (χ1v) is 8.14. The SMILES string of the molecule is COc1ccc(-c2cnn(CCc3ccccc3)c2)c(CCO)c1. The molecule has 0 aliphatic rings. The summed E-state index contributed by atoms with van der Waals surface area (Å²) in [4.78, 5) is 0. The smallest absolute Gasteiger partial charge is 0.119 e. The van der Waals surface area contributed by atoms with Crippen LogP contribution in [-0.4, -0.2) is 28.6 Å². The third kappa shape index (κ3) is 3.84. The zero-order valence-corrected chi connectivity index (χ0v) is 13.9. The monoisotopic (exact) mass is 322 g/mol. The minimum atomic E-state index is 0.113. The maximum absolute atomic E-state index is 9.31. The van der Waals surface area contributed by atoms with E-state index in [-0.39, 0.29) is 6.61 Å². The Labute approximate surface area is 142 Å². The number of rotatable bonds is 7. The minimum absolute atomic E-state index is 0.113. The molecule has 24 heavy (non-hydrogen) atoms. The fourth-order valence-electron chi connectivity index (χ4n) is 2.82. The lowest BCUT2D eigenvalue weighted by Gasteiger charge is -2.09. The van der Waals surface area contributed by atoms with Crippen molar-refractivity contribution < 1.29 is 9.84 Å². The molecule has 1 N–H and O–H groups in total. The second-order valence-corrected chi connectivity index (χ2v) is 5.72. The topological polar surface area (TPSA) is 47.3 Å². The zero-order valence-electron chi connectivity index (χ0n) is 13.9. The molecule has 0 saturated heterocycles. The lowest BCUT2D eigenvalue weighted by Crippen LogP contribution is -2.01. The minimum Gasteiger partial charge on any atom is -0.497 e.